The van der Waals surface area contributed by atoms with Crippen LogP contribution in [0.3, 0.4) is 0 Å². The fourth-order valence-electron chi connectivity index (χ4n) is 2.47. The van der Waals surface area contributed by atoms with Crippen molar-refractivity contribution in [1.29, 1.82) is 0 Å². The first-order valence-corrected chi connectivity index (χ1v) is 7.63. The van der Waals surface area contributed by atoms with Gasteiger partial charge in [0.25, 0.3) is 0 Å². The smallest absolute Gasteiger partial charge is 0.337 e. The van der Waals surface area contributed by atoms with Crippen molar-refractivity contribution in [3.05, 3.63) is 41.0 Å². The molecule has 1 heterocycles. The van der Waals surface area contributed by atoms with Gasteiger partial charge in [0.15, 0.2) is 0 Å². The van der Waals surface area contributed by atoms with Crippen LogP contribution in [0.5, 0.6) is 0 Å². The average Bonchev–Trinajstić information content (AvgIpc) is 2.48. The molecule has 0 amide bonds. The number of hydrogen-bond donors (Lipinski definition) is 1. The number of esters is 1. The molecule has 0 atom stereocenters. The SMILES string of the molecule is CC.COC(=O)c1ccc(/C=C2/CCNC(C)(C)C2)cc1. The molecule has 3 heteroatoms. The molecule has 3 nitrogen and oxygen atoms in total. The molecule has 1 fully saturated rings. The van der Waals surface area contributed by atoms with Crippen LogP contribution in [0.2, 0.25) is 0 Å². The van der Waals surface area contributed by atoms with Gasteiger partial charge in [-0.05, 0) is 50.9 Å². The highest BCUT2D eigenvalue weighted by molar-refractivity contribution is 5.89. The summed E-state index contributed by atoms with van der Waals surface area (Å²) in [6.45, 7) is 9.47. The maximum absolute atomic E-state index is 11.4. The van der Waals surface area contributed by atoms with Crippen LogP contribution in [0.4, 0.5) is 0 Å². The van der Waals surface area contributed by atoms with Gasteiger partial charge in [-0.2, -0.15) is 0 Å². The van der Waals surface area contributed by atoms with Crippen molar-refractivity contribution >= 4 is 12.0 Å². The Morgan fingerprint density at radius 2 is 1.86 bits per heavy atom. The zero-order valence-electron chi connectivity index (χ0n) is 13.8. The largest absolute Gasteiger partial charge is 0.465 e. The molecule has 0 aromatic heterocycles. The Morgan fingerprint density at radius 1 is 1.24 bits per heavy atom. The minimum Gasteiger partial charge on any atom is -0.465 e. The van der Waals surface area contributed by atoms with E-state index in [1.165, 1.54) is 12.7 Å². The van der Waals surface area contributed by atoms with Crippen LogP contribution in [0, 0.1) is 0 Å². The van der Waals surface area contributed by atoms with Crippen LogP contribution in [-0.2, 0) is 4.74 Å². The van der Waals surface area contributed by atoms with Crippen molar-refractivity contribution in [3.8, 4) is 0 Å². The Hall–Kier alpha value is -1.61. The lowest BCUT2D eigenvalue weighted by Crippen LogP contribution is -2.43. The second kappa shape index (κ2) is 7.99. The second-order valence-electron chi connectivity index (χ2n) is 5.65. The van der Waals surface area contributed by atoms with Crippen molar-refractivity contribution in [2.75, 3.05) is 13.7 Å². The summed E-state index contributed by atoms with van der Waals surface area (Å²) in [5, 5.41) is 3.50. The van der Waals surface area contributed by atoms with E-state index in [0.29, 0.717) is 5.56 Å². The van der Waals surface area contributed by atoms with Gasteiger partial charge < -0.3 is 10.1 Å². The number of ether oxygens (including phenoxy) is 1. The van der Waals surface area contributed by atoms with Gasteiger partial charge in [0, 0.05) is 5.54 Å². The minimum atomic E-state index is -0.290. The lowest BCUT2D eigenvalue weighted by atomic mass is 9.88. The van der Waals surface area contributed by atoms with E-state index in [-0.39, 0.29) is 11.5 Å². The third kappa shape index (κ3) is 5.35. The van der Waals surface area contributed by atoms with Crippen LogP contribution in [0.15, 0.2) is 29.8 Å². The number of benzene rings is 1. The molecule has 0 bridgehead atoms. The number of carbonyl (C=O) groups excluding carboxylic acids is 1. The summed E-state index contributed by atoms with van der Waals surface area (Å²) in [6, 6.07) is 7.55. The Bertz CT molecular complexity index is 486. The molecule has 0 unspecified atom stereocenters. The zero-order valence-corrected chi connectivity index (χ0v) is 13.8. The quantitative estimate of drug-likeness (QED) is 0.835. The number of rotatable bonds is 2. The highest BCUT2D eigenvalue weighted by Gasteiger charge is 2.22. The molecule has 1 aromatic rings. The summed E-state index contributed by atoms with van der Waals surface area (Å²) >= 11 is 0. The van der Waals surface area contributed by atoms with Gasteiger partial charge in [-0.15, -0.1) is 0 Å². The Balaban J connectivity index is 0.00000106. The van der Waals surface area contributed by atoms with Crippen LogP contribution >= 0.6 is 0 Å². The number of hydrogen-bond acceptors (Lipinski definition) is 3. The molecule has 1 aromatic carbocycles. The van der Waals surface area contributed by atoms with Crippen LogP contribution < -0.4 is 5.32 Å². The van der Waals surface area contributed by atoms with Gasteiger partial charge in [-0.3, -0.25) is 0 Å². The van der Waals surface area contributed by atoms with E-state index in [1.54, 1.807) is 0 Å². The van der Waals surface area contributed by atoms with E-state index in [4.69, 9.17) is 4.74 Å². The van der Waals surface area contributed by atoms with Crippen LogP contribution in [0.25, 0.3) is 6.08 Å². The summed E-state index contributed by atoms with van der Waals surface area (Å²) in [7, 11) is 1.40. The minimum absolute atomic E-state index is 0.177. The molecule has 21 heavy (non-hydrogen) atoms. The van der Waals surface area contributed by atoms with Gasteiger partial charge in [-0.25, -0.2) is 4.79 Å². The van der Waals surface area contributed by atoms with Crippen molar-refractivity contribution in [2.45, 2.75) is 46.1 Å². The molecule has 2 rings (SSSR count). The van der Waals surface area contributed by atoms with E-state index < -0.39 is 0 Å². The van der Waals surface area contributed by atoms with Crippen LogP contribution in [0.1, 0.15) is 56.5 Å². The normalized spacial score (nSPS) is 18.6. The lowest BCUT2D eigenvalue weighted by Gasteiger charge is -2.32. The maximum atomic E-state index is 11.4. The van der Waals surface area contributed by atoms with E-state index in [1.807, 2.05) is 38.1 Å². The predicted molar refractivity (Wildman–Crippen MR) is 88.4 cm³/mol. The van der Waals surface area contributed by atoms with E-state index in [0.717, 1.165) is 24.9 Å². The summed E-state index contributed by atoms with van der Waals surface area (Å²) in [5.41, 5.74) is 3.36. The monoisotopic (exact) mass is 289 g/mol. The third-order valence-corrected chi connectivity index (χ3v) is 3.42. The van der Waals surface area contributed by atoms with E-state index in [2.05, 4.69) is 25.2 Å². The first-order valence-electron chi connectivity index (χ1n) is 7.63. The molecule has 0 radical (unpaired) electrons. The van der Waals surface area contributed by atoms with Gasteiger partial charge in [0.05, 0.1) is 12.7 Å². The molecule has 0 saturated carbocycles. The Labute approximate surface area is 128 Å². The zero-order chi connectivity index (χ0) is 15.9. The Morgan fingerprint density at radius 3 is 2.38 bits per heavy atom. The number of carbonyl (C=O) groups is 1. The standard InChI is InChI=1S/C16H21NO2.C2H6/c1-16(2)11-13(8-9-17-16)10-12-4-6-14(7-5-12)15(18)19-3;1-2/h4-7,10,17H,8-9,11H2,1-3H3;1-2H3/b13-10-;. The van der Waals surface area contributed by atoms with Crippen molar-refractivity contribution in [3.63, 3.8) is 0 Å². The highest BCUT2D eigenvalue weighted by atomic mass is 16.5. The topological polar surface area (TPSA) is 38.3 Å². The maximum Gasteiger partial charge on any atom is 0.337 e. The Kier molecular flexibility index (Phi) is 6.63. The van der Waals surface area contributed by atoms with Crippen LogP contribution in [-0.4, -0.2) is 25.2 Å². The molecule has 1 aliphatic rings. The molecule has 1 saturated heterocycles. The van der Waals surface area contributed by atoms with Gasteiger partial charge in [0.1, 0.15) is 0 Å². The summed E-state index contributed by atoms with van der Waals surface area (Å²) in [4.78, 5) is 11.4. The average molecular weight is 289 g/mol. The first-order chi connectivity index (χ1) is 10.00. The second-order valence-corrected chi connectivity index (χ2v) is 5.65. The highest BCUT2D eigenvalue weighted by Crippen LogP contribution is 2.25. The fraction of sp³-hybridized carbons (Fsp3) is 0.500. The fourth-order valence-corrected chi connectivity index (χ4v) is 2.47. The van der Waals surface area contributed by atoms with Gasteiger partial charge >= 0.3 is 5.97 Å². The molecule has 1 N–H and O–H groups in total. The third-order valence-electron chi connectivity index (χ3n) is 3.42. The summed E-state index contributed by atoms with van der Waals surface area (Å²) in [6.07, 6.45) is 4.37. The van der Waals surface area contributed by atoms with Crippen molar-refractivity contribution in [2.24, 2.45) is 0 Å². The molecule has 116 valence electrons. The molecular formula is C18H27NO2. The summed E-state index contributed by atoms with van der Waals surface area (Å²) < 4.78 is 4.69. The summed E-state index contributed by atoms with van der Waals surface area (Å²) in [5.74, 6) is -0.290. The van der Waals surface area contributed by atoms with Gasteiger partial charge in [0.2, 0.25) is 0 Å². The first kappa shape index (κ1) is 17.4. The lowest BCUT2D eigenvalue weighted by molar-refractivity contribution is 0.0600. The van der Waals surface area contributed by atoms with Crippen molar-refractivity contribution in [1.82, 2.24) is 5.32 Å². The van der Waals surface area contributed by atoms with E-state index >= 15 is 0 Å². The van der Waals surface area contributed by atoms with Crippen molar-refractivity contribution < 1.29 is 9.53 Å². The number of piperidine rings is 1. The number of nitrogens with one attached hydrogen (secondary N) is 1. The van der Waals surface area contributed by atoms with E-state index in [9.17, 15) is 4.79 Å². The molecule has 0 spiro atoms. The predicted octanol–water partition coefficient (Wildman–Crippen LogP) is 4.04. The molecule has 0 aliphatic carbocycles. The van der Waals surface area contributed by atoms with Gasteiger partial charge in [-0.1, -0.05) is 37.6 Å². The number of methoxy groups -OCH3 is 1. The molecular weight excluding hydrogens is 262 g/mol. The molecule has 1 aliphatic heterocycles.